The molecule has 6 heteroatoms. The molecular weight excluding hydrogens is 232 g/mol. The van der Waals surface area contributed by atoms with Gasteiger partial charge in [-0.2, -0.15) is 5.10 Å². The highest BCUT2D eigenvalue weighted by Crippen LogP contribution is 2.14. The molecule has 0 radical (unpaired) electrons. The summed E-state index contributed by atoms with van der Waals surface area (Å²) >= 11 is 0. The zero-order valence-corrected chi connectivity index (χ0v) is 11.2. The summed E-state index contributed by atoms with van der Waals surface area (Å²) in [6.07, 6.45) is 3.91. The van der Waals surface area contributed by atoms with Crippen molar-refractivity contribution >= 4 is 5.91 Å². The van der Waals surface area contributed by atoms with Crippen LogP contribution in [0.15, 0.2) is 12.4 Å². The molecule has 1 rings (SSSR count). The summed E-state index contributed by atoms with van der Waals surface area (Å²) in [7, 11) is 1.78. The van der Waals surface area contributed by atoms with Crippen LogP contribution in [-0.4, -0.2) is 44.9 Å². The van der Waals surface area contributed by atoms with Gasteiger partial charge in [-0.15, -0.1) is 0 Å². The first-order valence-electron chi connectivity index (χ1n) is 6.12. The van der Waals surface area contributed by atoms with Gasteiger partial charge >= 0.3 is 0 Å². The standard InChI is InChI=1S/C12H22N4O2/c1-9(2)16(5-4-6-17)12(18)11(13)10-7-14-15(3)8-10/h7-9,11,17H,4-6,13H2,1-3H3. The maximum atomic E-state index is 12.3. The van der Waals surface area contributed by atoms with Crippen LogP contribution in [0.25, 0.3) is 0 Å². The Morgan fingerprint density at radius 1 is 1.61 bits per heavy atom. The van der Waals surface area contributed by atoms with E-state index in [1.165, 1.54) is 0 Å². The van der Waals surface area contributed by atoms with E-state index in [9.17, 15) is 4.79 Å². The van der Waals surface area contributed by atoms with E-state index in [-0.39, 0.29) is 18.6 Å². The number of aryl methyl sites for hydroxylation is 1. The number of carbonyl (C=O) groups excluding carboxylic acids is 1. The molecule has 1 atom stereocenters. The zero-order valence-electron chi connectivity index (χ0n) is 11.2. The average molecular weight is 254 g/mol. The largest absolute Gasteiger partial charge is 0.396 e. The molecule has 0 fully saturated rings. The van der Waals surface area contributed by atoms with E-state index in [2.05, 4.69) is 5.10 Å². The van der Waals surface area contributed by atoms with Crippen molar-refractivity contribution < 1.29 is 9.90 Å². The zero-order chi connectivity index (χ0) is 13.7. The van der Waals surface area contributed by atoms with Crippen molar-refractivity contribution in [3.63, 3.8) is 0 Å². The predicted molar refractivity (Wildman–Crippen MR) is 68.7 cm³/mol. The van der Waals surface area contributed by atoms with Gasteiger partial charge < -0.3 is 15.7 Å². The summed E-state index contributed by atoms with van der Waals surface area (Å²) in [6.45, 7) is 4.45. The summed E-state index contributed by atoms with van der Waals surface area (Å²) in [5.74, 6) is -0.133. The smallest absolute Gasteiger partial charge is 0.244 e. The minimum Gasteiger partial charge on any atom is -0.396 e. The Kier molecular flexibility index (Phi) is 5.30. The quantitative estimate of drug-likeness (QED) is 0.750. The van der Waals surface area contributed by atoms with Gasteiger partial charge in [0.05, 0.1) is 6.20 Å². The van der Waals surface area contributed by atoms with Crippen LogP contribution in [-0.2, 0) is 11.8 Å². The van der Waals surface area contributed by atoms with Crippen LogP contribution in [0.3, 0.4) is 0 Å². The Balaban J connectivity index is 2.76. The van der Waals surface area contributed by atoms with Crippen molar-refractivity contribution in [1.82, 2.24) is 14.7 Å². The number of carbonyl (C=O) groups is 1. The molecule has 1 unspecified atom stereocenters. The molecule has 3 N–H and O–H groups in total. The maximum absolute atomic E-state index is 12.3. The molecular formula is C12H22N4O2. The first-order chi connectivity index (χ1) is 8.47. The SMILES string of the molecule is CC(C)N(CCCO)C(=O)C(N)c1cnn(C)c1. The predicted octanol–water partition coefficient (Wildman–Crippen LogP) is 0.0393. The van der Waals surface area contributed by atoms with Crippen molar-refractivity contribution in [1.29, 1.82) is 0 Å². The van der Waals surface area contributed by atoms with Crippen LogP contribution < -0.4 is 5.73 Å². The molecule has 0 bridgehead atoms. The highest BCUT2D eigenvalue weighted by atomic mass is 16.3. The third-order valence-electron chi connectivity index (χ3n) is 2.81. The molecule has 0 aliphatic rings. The van der Waals surface area contributed by atoms with Crippen LogP contribution in [0.5, 0.6) is 0 Å². The van der Waals surface area contributed by atoms with Crippen molar-refractivity contribution in [3.8, 4) is 0 Å². The van der Waals surface area contributed by atoms with Gasteiger partial charge in [0.2, 0.25) is 5.91 Å². The summed E-state index contributed by atoms with van der Waals surface area (Å²) in [6, 6.07) is -0.633. The number of nitrogens with zero attached hydrogens (tertiary/aromatic N) is 3. The number of hydrogen-bond donors (Lipinski definition) is 2. The van der Waals surface area contributed by atoms with Crippen LogP contribution in [0, 0.1) is 0 Å². The van der Waals surface area contributed by atoms with Crippen molar-refractivity contribution in [2.24, 2.45) is 12.8 Å². The van der Waals surface area contributed by atoms with Gasteiger partial charge in [0, 0.05) is 38.0 Å². The molecule has 6 nitrogen and oxygen atoms in total. The second-order valence-electron chi connectivity index (χ2n) is 4.63. The van der Waals surface area contributed by atoms with Crippen LogP contribution in [0.4, 0.5) is 0 Å². The summed E-state index contributed by atoms with van der Waals surface area (Å²) in [5.41, 5.74) is 6.66. The number of aliphatic hydroxyl groups is 1. The third kappa shape index (κ3) is 3.54. The molecule has 0 aromatic carbocycles. The molecule has 1 heterocycles. The molecule has 18 heavy (non-hydrogen) atoms. The summed E-state index contributed by atoms with van der Waals surface area (Å²) < 4.78 is 1.62. The third-order valence-corrected chi connectivity index (χ3v) is 2.81. The van der Waals surface area contributed by atoms with E-state index in [0.717, 1.165) is 0 Å². The second-order valence-corrected chi connectivity index (χ2v) is 4.63. The number of rotatable bonds is 6. The highest BCUT2D eigenvalue weighted by Gasteiger charge is 2.24. The van der Waals surface area contributed by atoms with Gasteiger partial charge in [-0.3, -0.25) is 9.48 Å². The molecule has 0 spiro atoms. The van der Waals surface area contributed by atoms with E-state index >= 15 is 0 Å². The summed E-state index contributed by atoms with van der Waals surface area (Å²) in [4.78, 5) is 14.0. The first-order valence-corrected chi connectivity index (χ1v) is 6.12. The molecule has 1 aromatic rings. The molecule has 0 saturated carbocycles. The van der Waals surface area contributed by atoms with Gasteiger partial charge in [0.15, 0.2) is 0 Å². The van der Waals surface area contributed by atoms with Crippen LogP contribution >= 0.6 is 0 Å². The fraction of sp³-hybridized carbons (Fsp3) is 0.667. The number of amides is 1. The van der Waals surface area contributed by atoms with E-state index < -0.39 is 6.04 Å². The van der Waals surface area contributed by atoms with Crippen molar-refractivity contribution in [2.75, 3.05) is 13.2 Å². The van der Waals surface area contributed by atoms with Gasteiger partial charge in [-0.05, 0) is 20.3 Å². The second kappa shape index (κ2) is 6.51. The normalized spacial score (nSPS) is 12.8. The monoisotopic (exact) mass is 254 g/mol. The van der Waals surface area contributed by atoms with Crippen LogP contribution in [0.1, 0.15) is 31.9 Å². The molecule has 0 aliphatic carbocycles. The minimum atomic E-state index is -0.695. The van der Waals surface area contributed by atoms with E-state index in [0.29, 0.717) is 18.5 Å². The number of aromatic nitrogens is 2. The van der Waals surface area contributed by atoms with Gasteiger partial charge in [-0.25, -0.2) is 0 Å². The fourth-order valence-electron chi connectivity index (χ4n) is 1.79. The fourth-order valence-corrected chi connectivity index (χ4v) is 1.79. The Bertz CT molecular complexity index is 389. The van der Waals surface area contributed by atoms with Gasteiger partial charge in [0.25, 0.3) is 0 Å². The lowest BCUT2D eigenvalue weighted by Gasteiger charge is -2.28. The molecule has 1 amide bonds. The number of hydrogen-bond acceptors (Lipinski definition) is 4. The van der Waals surface area contributed by atoms with Crippen LogP contribution in [0.2, 0.25) is 0 Å². The first kappa shape index (κ1) is 14.7. The maximum Gasteiger partial charge on any atom is 0.244 e. The highest BCUT2D eigenvalue weighted by molar-refractivity contribution is 5.83. The summed E-state index contributed by atoms with van der Waals surface area (Å²) in [5, 5.41) is 12.9. The number of nitrogens with two attached hydrogens (primary N) is 1. The Hall–Kier alpha value is -1.40. The lowest BCUT2D eigenvalue weighted by Crippen LogP contribution is -2.43. The Morgan fingerprint density at radius 2 is 2.28 bits per heavy atom. The molecule has 102 valence electrons. The molecule has 0 aliphatic heterocycles. The Morgan fingerprint density at radius 3 is 2.72 bits per heavy atom. The lowest BCUT2D eigenvalue weighted by atomic mass is 10.1. The van der Waals surface area contributed by atoms with Crippen molar-refractivity contribution in [2.45, 2.75) is 32.4 Å². The lowest BCUT2D eigenvalue weighted by molar-refractivity contribution is -0.134. The van der Waals surface area contributed by atoms with Gasteiger partial charge in [0.1, 0.15) is 6.04 Å². The van der Waals surface area contributed by atoms with Gasteiger partial charge in [-0.1, -0.05) is 0 Å². The van der Waals surface area contributed by atoms with E-state index in [4.69, 9.17) is 10.8 Å². The number of aliphatic hydroxyl groups excluding tert-OH is 1. The Labute approximate surface area is 107 Å². The van der Waals surface area contributed by atoms with Crippen molar-refractivity contribution in [3.05, 3.63) is 18.0 Å². The topological polar surface area (TPSA) is 84.4 Å². The van der Waals surface area contributed by atoms with E-state index in [1.54, 1.807) is 29.0 Å². The van der Waals surface area contributed by atoms with E-state index in [1.807, 2.05) is 13.8 Å². The minimum absolute atomic E-state index is 0.0618. The molecule has 1 aromatic heterocycles. The molecule has 0 saturated heterocycles. The average Bonchev–Trinajstić information content (AvgIpc) is 2.74.